The predicted molar refractivity (Wildman–Crippen MR) is 91.3 cm³/mol. The second kappa shape index (κ2) is 5.89. The van der Waals surface area contributed by atoms with Crippen molar-refractivity contribution in [1.82, 2.24) is 24.6 Å². The highest BCUT2D eigenvalue weighted by Gasteiger charge is 2.08. The molecule has 0 amide bonds. The maximum atomic E-state index is 4.63. The van der Waals surface area contributed by atoms with E-state index in [1.165, 1.54) is 0 Å². The molecule has 1 N–H and O–H groups in total. The molecule has 114 valence electrons. The molecule has 5 nitrogen and oxygen atoms in total. The zero-order chi connectivity index (χ0) is 15.6. The van der Waals surface area contributed by atoms with Crippen LogP contribution in [0.1, 0.15) is 11.5 Å². The van der Waals surface area contributed by atoms with Gasteiger partial charge in [0.25, 0.3) is 0 Å². The van der Waals surface area contributed by atoms with Crippen molar-refractivity contribution in [3.8, 4) is 11.3 Å². The van der Waals surface area contributed by atoms with Crippen LogP contribution in [0.4, 0.5) is 0 Å². The van der Waals surface area contributed by atoms with Crippen molar-refractivity contribution >= 4 is 17.4 Å². The lowest BCUT2D eigenvalue weighted by Gasteiger charge is -1.95. The Balaban J connectivity index is 1.50. The monoisotopic (exact) mass is 321 g/mol. The maximum Gasteiger partial charge on any atom is 0.209 e. The Morgan fingerprint density at radius 3 is 2.74 bits per heavy atom. The Morgan fingerprint density at radius 2 is 1.91 bits per heavy atom. The van der Waals surface area contributed by atoms with Gasteiger partial charge in [0, 0.05) is 17.5 Å². The number of aryl methyl sites for hydroxylation is 1. The fraction of sp³-hybridized carbons (Fsp3) is 0.118. The topological polar surface area (TPSA) is 58.9 Å². The van der Waals surface area contributed by atoms with Gasteiger partial charge in [0.15, 0.2) is 5.65 Å². The third-order valence-electron chi connectivity index (χ3n) is 3.57. The van der Waals surface area contributed by atoms with E-state index in [1.807, 2.05) is 54.0 Å². The van der Waals surface area contributed by atoms with Crippen LogP contribution in [-0.4, -0.2) is 24.6 Å². The Morgan fingerprint density at radius 1 is 1.04 bits per heavy atom. The number of H-pyrrole nitrogens is 1. The smallest absolute Gasteiger partial charge is 0.209 e. The van der Waals surface area contributed by atoms with Gasteiger partial charge in [-0.3, -0.25) is 0 Å². The average Bonchev–Trinajstić information content (AvgIpc) is 3.21. The molecule has 0 unspecified atom stereocenters. The molecule has 0 fully saturated rings. The Labute approximate surface area is 137 Å². The summed E-state index contributed by atoms with van der Waals surface area (Å²) in [5.74, 6) is 1.63. The average molecular weight is 321 g/mol. The van der Waals surface area contributed by atoms with E-state index in [-0.39, 0.29) is 0 Å². The lowest BCUT2D eigenvalue weighted by Crippen LogP contribution is -1.91. The number of hydrogen-bond acceptors (Lipinski definition) is 4. The summed E-state index contributed by atoms with van der Waals surface area (Å²) in [6.07, 6.45) is 1.94. The van der Waals surface area contributed by atoms with E-state index in [4.69, 9.17) is 0 Å². The van der Waals surface area contributed by atoms with Crippen LogP contribution >= 0.6 is 11.8 Å². The van der Waals surface area contributed by atoms with Crippen molar-refractivity contribution in [1.29, 1.82) is 0 Å². The summed E-state index contributed by atoms with van der Waals surface area (Å²) in [6, 6.07) is 16.1. The number of benzene rings is 1. The van der Waals surface area contributed by atoms with Crippen molar-refractivity contribution in [2.45, 2.75) is 17.8 Å². The summed E-state index contributed by atoms with van der Waals surface area (Å²) in [6.45, 7) is 2.02. The van der Waals surface area contributed by atoms with Crippen molar-refractivity contribution in [2.75, 3.05) is 0 Å². The minimum absolute atomic E-state index is 0.711. The first-order valence-corrected chi connectivity index (χ1v) is 8.33. The zero-order valence-electron chi connectivity index (χ0n) is 12.6. The quantitative estimate of drug-likeness (QED) is 0.582. The van der Waals surface area contributed by atoms with Crippen LogP contribution in [0.2, 0.25) is 0 Å². The number of fused-ring (bicyclic) bond motifs is 1. The van der Waals surface area contributed by atoms with E-state index in [9.17, 15) is 0 Å². The maximum absolute atomic E-state index is 4.63. The second-order valence-electron chi connectivity index (χ2n) is 5.22. The third kappa shape index (κ3) is 2.85. The molecular formula is C17H15N5S. The lowest BCUT2D eigenvalue weighted by molar-refractivity contribution is 0.856. The number of nitrogens with one attached hydrogen (secondary N) is 1. The summed E-state index contributed by atoms with van der Waals surface area (Å²) in [7, 11) is 0. The molecule has 0 aliphatic carbocycles. The first kappa shape index (κ1) is 14.0. The number of rotatable bonds is 4. The molecule has 23 heavy (non-hydrogen) atoms. The van der Waals surface area contributed by atoms with Gasteiger partial charge < -0.3 is 4.98 Å². The summed E-state index contributed by atoms with van der Waals surface area (Å²) in [5.41, 5.74) is 4.02. The van der Waals surface area contributed by atoms with Gasteiger partial charge in [-0.05, 0) is 19.1 Å². The molecule has 0 spiro atoms. The molecule has 6 heteroatoms. The number of hydrogen-bond donors (Lipinski definition) is 1. The van der Waals surface area contributed by atoms with Crippen LogP contribution in [0.15, 0.2) is 59.9 Å². The highest BCUT2D eigenvalue weighted by atomic mass is 32.2. The fourth-order valence-electron chi connectivity index (χ4n) is 2.40. The minimum atomic E-state index is 0.711. The molecule has 4 aromatic rings. The molecule has 0 aliphatic heterocycles. The van der Waals surface area contributed by atoms with Crippen molar-refractivity contribution in [2.24, 2.45) is 0 Å². The number of pyridine rings is 1. The standard InChI is InChI=1S/C17H15N5S/c1-12-6-5-9-16-20-17(21-22(12)16)23-11-15-18-10-14(19-15)13-7-3-2-4-8-13/h2-10H,11H2,1H3,(H,18,19). The molecule has 0 radical (unpaired) electrons. The van der Waals surface area contributed by atoms with E-state index in [0.29, 0.717) is 5.75 Å². The van der Waals surface area contributed by atoms with E-state index >= 15 is 0 Å². The molecular weight excluding hydrogens is 306 g/mol. The number of thioether (sulfide) groups is 1. The van der Waals surface area contributed by atoms with Gasteiger partial charge in [-0.2, -0.15) is 0 Å². The Kier molecular flexibility index (Phi) is 3.59. The van der Waals surface area contributed by atoms with Gasteiger partial charge in [-0.15, -0.1) is 5.10 Å². The summed E-state index contributed by atoms with van der Waals surface area (Å²) < 4.78 is 1.86. The van der Waals surface area contributed by atoms with Gasteiger partial charge >= 0.3 is 0 Å². The normalized spacial score (nSPS) is 11.2. The van der Waals surface area contributed by atoms with Crippen LogP contribution in [0.25, 0.3) is 16.9 Å². The van der Waals surface area contributed by atoms with Gasteiger partial charge in [0.05, 0.1) is 11.4 Å². The van der Waals surface area contributed by atoms with Gasteiger partial charge in [0.1, 0.15) is 5.82 Å². The lowest BCUT2D eigenvalue weighted by atomic mass is 10.2. The van der Waals surface area contributed by atoms with Crippen LogP contribution in [0, 0.1) is 6.92 Å². The molecule has 0 aliphatic rings. The molecule has 0 atom stereocenters. The molecule has 0 saturated heterocycles. The van der Waals surface area contributed by atoms with E-state index < -0.39 is 0 Å². The van der Waals surface area contributed by atoms with Crippen LogP contribution in [0.5, 0.6) is 0 Å². The SMILES string of the molecule is Cc1cccc2nc(SCc3nc(-c4ccccc4)c[nH]3)nn12. The largest absolute Gasteiger partial charge is 0.347 e. The van der Waals surface area contributed by atoms with Gasteiger partial charge in [-0.25, -0.2) is 14.5 Å². The zero-order valence-corrected chi connectivity index (χ0v) is 13.4. The van der Waals surface area contributed by atoms with Crippen molar-refractivity contribution in [3.05, 3.63) is 66.2 Å². The third-order valence-corrected chi connectivity index (χ3v) is 4.42. The fourth-order valence-corrected chi connectivity index (χ4v) is 3.11. The van der Waals surface area contributed by atoms with Gasteiger partial charge in [0.2, 0.25) is 5.16 Å². The first-order chi connectivity index (χ1) is 11.3. The Hall–Kier alpha value is -2.60. The highest BCUT2D eigenvalue weighted by molar-refractivity contribution is 7.98. The number of aromatic nitrogens is 5. The predicted octanol–water partition coefficient (Wildman–Crippen LogP) is 3.72. The van der Waals surface area contributed by atoms with Crippen LogP contribution in [0.3, 0.4) is 0 Å². The number of aromatic amines is 1. The molecule has 4 rings (SSSR count). The number of imidazole rings is 1. The van der Waals surface area contributed by atoms with Gasteiger partial charge in [-0.1, -0.05) is 48.2 Å². The van der Waals surface area contributed by atoms with E-state index in [1.54, 1.807) is 11.8 Å². The molecule has 3 heterocycles. The van der Waals surface area contributed by atoms with E-state index in [0.717, 1.165) is 33.6 Å². The highest BCUT2D eigenvalue weighted by Crippen LogP contribution is 2.22. The van der Waals surface area contributed by atoms with Crippen LogP contribution < -0.4 is 0 Å². The molecule has 1 aromatic carbocycles. The summed E-state index contributed by atoms with van der Waals surface area (Å²) in [5, 5.41) is 5.28. The van der Waals surface area contributed by atoms with E-state index in [2.05, 4.69) is 32.2 Å². The van der Waals surface area contributed by atoms with Crippen LogP contribution in [-0.2, 0) is 5.75 Å². The molecule has 3 aromatic heterocycles. The first-order valence-electron chi connectivity index (χ1n) is 7.34. The van der Waals surface area contributed by atoms with Crippen molar-refractivity contribution < 1.29 is 0 Å². The minimum Gasteiger partial charge on any atom is -0.347 e. The summed E-state index contributed by atoms with van der Waals surface area (Å²) >= 11 is 1.58. The molecule has 0 bridgehead atoms. The second-order valence-corrected chi connectivity index (χ2v) is 6.16. The number of nitrogens with zero attached hydrogens (tertiary/aromatic N) is 4. The summed E-state index contributed by atoms with van der Waals surface area (Å²) in [4.78, 5) is 12.4. The Bertz CT molecular complexity index is 942. The molecule has 0 saturated carbocycles. The van der Waals surface area contributed by atoms with Crippen molar-refractivity contribution in [3.63, 3.8) is 0 Å².